The van der Waals surface area contributed by atoms with Crippen molar-refractivity contribution in [1.29, 1.82) is 0 Å². The van der Waals surface area contributed by atoms with Crippen LogP contribution in [0.4, 0.5) is 0 Å². The number of nitrogens with one attached hydrogen (secondary N) is 1. The molecule has 2 N–H and O–H groups in total. The molecule has 1 unspecified atom stereocenters. The number of carboxylic acid groups (broad SMARTS) is 1. The average molecular weight is 454 g/mol. The predicted molar refractivity (Wildman–Crippen MR) is 112 cm³/mol. The Morgan fingerprint density at radius 1 is 1.20 bits per heavy atom. The summed E-state index contributed by atoms with van der Waals surface area (Å²) in [5.74, 6) is -0.0898. The molecule has 0 fully saturated rings. The van der Waals surface area contributed by atoms with E-state index >= 15 is 0 Å². The Morgan fingerprint density at radius 3 is 2.70 bits per heavy atom. The summed E-state index contributed by atoms with van der Waals surface area (Å²) in [6.45, 7) is 1.06. The van der Waals surface area contributed by atoms with E-state index in [1.807, 2.05) is 18.2 Å². The first-order valence-corrected chi connectivity index (χ1v) is 11.6. The number of aliphatic carboxylic acids is 1. The molecule has 0 saturated heterocycles. The van der Waals surface area contributed by atoms with E-state index < -0.39 is 16.0 Å². The van der Waals surface area contributed by atoms with Crippen LogP contribution in [-0.2, 0) is 26.0 Å². The second-order valence-electron chi connectivity index (χ2n) is 6.98. The Bertz CT molecular complexity index is 977. The minimum Gasteiger partial charge on any atom is -0.494 e. The number of carboxylic acids is 1. The standard InChI is InChI=1S/C21H24ClNO6S/c22-16-4-7-18(8-5-16)30(26,27)23-14-20-19-9-6-17(13-15(19)10-12-29-20)28-11-2-1-3-21(24)25/h4-9,13,20,23H,1-3,10-12,14H2,(H,24,25). The minimum absolute atomic E-state index is 0.118. The molecule has 0 spiro atoms. The summed E-state index contributed by atoms with van der Waals surface area (Å²) in [5, 5.41) is 9.13. The average Bonchev–Trinajstić information content (AvgIpc) is 2.72. The lowest BCUT2D eigenvalue weighted by Gasteiger charge is -2.26. The molecule has 0 aliphatic carbocycles. The van der Waals surface area contributed by atoms with Gasteiger partial charge in [-0.25, -0.2) is 13.1 Å². The molecule has 0 bridgehead atoms. The second kappa shape index (κ2) is 10.3. The van der Waals surface area contributed by atoms with E-state index in [0.29, 0.717) is 43.2 Å². The van der Waals surface area contributed by atoms with Crippen LogP contribution >= 0.6 is 11.6 Å². The number of ether oxygens (including phenoxy) is 2. The maximum atomic E-state index is 12.5. The van der Waals surface area contributed by atoms with Crippen LogP contribution in [0.25, 0.3) is 0 Å². The Labute approximate surface area is 181 Å². The van der Waals surface area contributed by atoms with E-state index in [1.54, 1.807) is 0 Å². The zero-order valence-electron chi connectivity index (χ0n) is 16.3. The van der Waals surface area contributed by atoms with Crippen molar-refractivity contribution in [3.63, 3.8) is 0 Å². The van der Waals surface area contributed by atoms with Gasteiger partial charge in [0.15, 0.2) is 0 Å². The quantitative estimate of drug-likeness (QED) is 0.533. The first kappa shape index (κ1) is 22.6. The number of rotatable bonds is 10. The minimum atomic E-state index is -3.67. The van der Waals surface area contributed by atoms with Gasteiger partial charge in [0, 0.05) is 18.0 Å². The summed E-state index contributed by atoms with van der Waals surface area (Å²) in [5.41, 5.74) is 1.98. The van der Waals surface area contributed by atoms with Gasteiger partial charge in [0.25, 0.3) is 0 Å². The van der Waals surface area contributed by atoms with Crippen molar-refractivity contribution in [3.8, 4) is 5.75 Å². The van der Waals surface area contributed by atoms with E-state index in [-0.39, 0.29) is 24.0 Å². The molecule has 30 heavy (non-hydrogen) atoms. The van der Waals surface area contributed by atoms with Gasteiger partial charge in [0.2, 0.25) is 10.0 Å². The van der Waals surface area contributed by atoms with Crippen LogP contribution in [0.5, 0.6) is 5.75 Å². The summed E-state index contributed by atoms with van der Waals surface area (Å²) in [7, 11) is -3.67. The molecule has 1 atom stereocenters. The SMILES string of the molecule is O=C(O)CCCCOc1ccc2c(c1)CCOC2CNS(=O)(=O)c1ccc(Cl)cc1. The summed E-state index contributed by atoms with van der Waals surface area (Å²) in [6.07, 6.45) is 1.70. The molecule has 2 aromatic rings. The molecule has 2 aromatic carbocycles. The lowest BCUT2D eigenvalue weighted by atomic mass is 9.97. The maximum Gasteiger partial charge on any atom is 0.303 e. The highest BCUT2D eigenvalue weighted by molar-refractivity contribution is 7.89. The van der Waals surface area contributed by atoms with Crippen molar-refractivity contribution in [2.45, 2.75) is 36.7 Å². The maximum absolute atomic E-state index is 12.5. The van der Waals surface area contributed by atoms with Gasteiger partial charge in [-0.2, -0.15) is 0 Å². The first-order valence-electron chi connectivity index (χ1n) is 9.69. The van der Waals surface area contributed by atoms with Gasteiger partial charge in [-0.15, -0.1) is 0 Å². The molecule has 1 aliphatic heterocycles. The van der Waals surface area contributed by atoms with Gasteiger partial charge in [-0.3, -0.25) is 4.79 Å². The normalized spacial score (nSPS) is 16.1. The molecule has 9 heteroatoms. The van der Waals surface area contributed by atoms with E-state index in [1.165, 1.54) is 24.3 Å². The van der Waals surface area contributed by atoms with Crippen LogP contribution in [0.2, 0.25) is 5.02 Å². The van der Waals surface area contributed by atoms with Crippen molar-refractivity contribution in [3.05, 3.63) is 58.6 Å². The Balaban J connectivity index is 1.59. The smallest absolute Gasteiger partial charge is 0.303 e. The summed E-state index contributed by atoms with van der Waals surface area (Å²) < 4.78 is 39.1. The molecule has 7 nitrogen and oxygen atoms in total. The fourth-order valence-electron chi connectivity index (χ4n) is 3.22. The Hall–Kier alpha value is -2.13. The molecule has 162 valence electrons. The van der Waals surface area contributed by atoms with Crippen LogP contribution in [0, 0.1) is 0 Å². The number of unbranched alkanes of at least 4 members (excludes halogenated alkanes) is 1. The number of halogens is 1. The largest absolute Gasteiger partial charge is 0.494 e. The predicted octanol–water partition coefficient (Wildman–Crippen LogP) is 3.57. The molecule has 0 saturated carbocycles. The van der Waals surface area contributed by atoms with Crippen LogP contribution in [0.15, 0.2) is 47.4 Å². The lowest BCUT2D eigenvalue weighted by molar-refractivity contribution is -0.137. The van der Waals surface area contributed by atoms with Gasteiger partial charge in [-0.05, 0) is 66.8 Å². The summed E-state index contributed by atoms with van der Waals surface area (Å²) in [6, 6.07) is 11.6. The Kier molecular flexibility index (Phi) is 7.71. The molecule has 1 heterocycles. The Morgan fingerprint density at radius 2 is 1.97 bits per heavy atom. The van der Waals surface area contributed by atoms with Crippen molar-refractivity contribution in [1.82, 2.24) is 4.72 Å². The van der Waals surface area contributed by atoms with Gasteiger partial charge in [0.1, 0.15) is 5.75 Å². The topological polar surface area (TPSA) is 102 Å². The monoisotopic (exact) mass is 453 g/mol. The van der Waals surface area contributed by atoms with Crippen LogP contribution in [0.1, 0.15) is 36.5 Å². The fourth-order valence-corrected chi connectivity index (χ4v) is 4.38. The lowest BCUT2D eigenvalue weighted by Crippen LogP contribution is -2.32. The highest BCUT2D eigenvalue weighted by atomic mass is 35.5. The van der Waals surface area contributed by atoms with Gasteiger partial charge < -0.3 is 14.6 Å². The number of fused-ring (bicyclic) bond motifs is 1. The summed E-state index contributed by atoms with van der Waals surface area (Å²) in [4.78, 5) is 10.7. The highest BCUT2D eigenvalue weighted by Gasteiger charge is 2.24. The summed E-state index contributed by atoms with van der Waals surface area (Å²) >= 11 is 5.82. The van der Waals surface area contributed by atoms with Gasteiger partial charge in [-0.1, -0.05) is 17.7 Å². The van der Waals surface area contributed by atoms with Crippen LogP contribution < -0.4 is 9.46 Å². The zero-order valence-corrected chi connectivity index (χ0v) is 17.9. The van der Waals surface area contributed by atoms with Crippen molar-refractivity contribution >= 4 is 27.6 Å². The number of hydrogen-bond acceptors (Lipinski definition) is 5. The number of carbonyl (C=O) groups is 1. The van der Waals surface area contributed by atoms with Crippen molar-refractivity contribution in [2.75, 3.05) is 19.8 Å². The fraction of sp³-hybridized carbons (Fsp3) is 0.381. The van der Waals surface area contributed by atoms with Crippen LogP contribution in [0.3, 0.4) is 0 Å². The van der Waals surface area contributed by atoms with Gasteiger partial charge >= 0.3 is 5.97 Å². The van der Waals surface area contributed by atoms with Crippen molar-refractivity contribution in [2.24, 2.45) is 0 Å². The molecular formula is C21H24ClNO6S. The highest BCUT2D eigenvalue weighted by Crippen LogP contribution is 2.30. The molecule has 1 aliphatic rings. The van der Waals surface area contributed by atoms with E-state index in [2.05, 4.69) is 4.72 Å². The molecule has 0 amide bonds. The number of hydrogen-bond donors (Lipinski definition) is 2. The molecular weight excluding hydrogens is 430 g/mol. The van der Waals surface area contributed by atoms with E-state index in [4.69, 9.17) is 26.2 Å². The molecule has 3 rings (SSSR count). The number of sulfonamides is 1. The first-order chi connectivity index (χ1) is 14.3. The second-order valence-corrected chi connectivity index (χ2v) is 9.18. The van der Waals surface area contributed by atoms with Gasteiger partial charge in [0.05, 0.1) is 24.2 Å². The molecule has 0 radical (unpaired) electrons. The zero-order chi connectivity index (χ0) is 21.6. The van der Waals surface area contributed by atoms with E-state index in [0.717, 1.165) is 11.1 Å². The van der Waals surface area contributed by atoms with E-state index in [9.17, 15) is 13.2 Å². The van der Waals surface area contributed by atoms with Crippen molar-refractivity contribution < 1.29 is 27.8 Å². The third-order valence-electron chi connectivity index (χ3n) is 4.79. The number of benzene rings is 2. The molecule has 0 aromatic heterocycles. The van der Waals surface area contributed by atoms with Crippen LogP contribution in [-0.4, -0.2) is 39.3 Å². The third kappa shape index (κ3) is 6.18. The third-order valence-corrected chi connectivity index (χ3v) is 6.48.